The number of benzene rings is 1. The Morgan fingerprint density at radius 1 is 1.13 bits per heavy atom. The van der Waals surface area contributed by atoms with Crippen LogP contribution in [0.15, 0.2) is 38.4 Å². The van der Waals surface area contributed by atoms with E-state index >= 15 is 0 Å². The van der Waals surface area contributed by atoms with Gasteiger partial charge in [0.15, 0.2) is 0 Å². The molecule has 0 saturated carbocycles. The first-order valence-electron chi connectivity index (χ1n) is 9.59. The number of aromatic nitrogens is 4. The highest BCUT2D eigenvalue weighted by Gasteiger charge is 2.33. The second kappa shape index (κ2) is 7.58. The third kappa shape index (κ3) is 3.57. The molecule has 30 heavy (non-hydrogen) atoms. The van der Waals surface area contributed by atoms with Crippen LogP contribution < -0.4 is 11.2 Å². The number of hydrogen-bond acceptors (Lipinski definition) is 5. The third-order valence-electron chi connectivity index (χ3n) is 5.23. The topological polar surface area (TPSA) is 82.9 Å². The number of hydrogen-bond donors (Lipinski definition) is 0. The van der Waals surface area contributed by atoms with E-state index in [0.29, 0.717) is 18.7 Å². The summed E-state index contributed by atoms with van der Waals surface area (Å²) in [6, 6.07) is 4.92. The van der Waals surface area contributed by atoms with Crippen molar-refractivity contribution in [1.82, 2.24) is 19.3 Å². The van der Waals surface area contributed by atoms with Crippen LogP contribution in [0.2, 0.25) is 0 Å². The number of nitrogens with zero attached hydrogens (tertiary/aromatic N) is 4. The van der Waals surface area contributed by atoms with Crippen LogP contribution in [0.3, 0.4) is 0 Å². The molecule has 0 N–H and O–H groups in total. The molecule has 1 aromatic carbocycles. The van der Waals surface area contributed by atoms with E-state index in [1.807, 2.05) is 0 Å². The quantitative estimate of drug-likeness (QED) is 0.650. The van der Waals surface area contributed by atoms with Gasteiger partial charge in [-0.25, -0.2) is 4.79 Å². The van der Waals surface area contributed by atoms with E-state index in [2.05, 4.69) is 10.1 Å². The molecule has 3 heterocycles. The lowest BCUT2D eigenvalue weighted by Crippen LogP contribution is -2.43. The highest BCUT2D eigenvalue weighted by molar-refractivity contribution is 5.56. The van der Waals surface area contributed by atoms with E-state index in [-0.39, 0.29) is 22.8 Å². The molecule has 10 heteroatoms. The molecule has 4 rings (SSSR count). The molecule has 7 nitrogen and oxygen atoms in total. The largest absolute Gasteiger partial charge is 0.416 e. The highest BCUT2D eigenvalue weighted by atomic mass is 19.4. The van der Waals surface area contributed by atoms with Gasteiger partial charge in [0.2, 0.25) is 11.7 Å². The van der Waals surface area contributed by atoms with Crippen molar-refractivity contribution in [3.63, 3.8) is 0 Å². The van der Waals surface area contributed by atoms with Crippen LogP contribution in [0.1, 0.15) is 42.0 Å². The molecule has 1 aliphatic heterocycles. The van der Waals surface area contributed by atoms with Crippen LogP contribution in [-0.2, 0) is 25.7 Å². The standard InChI is InChI=1S/C20H19F3N4O3/c1-12-24-17(25-30-12)16-15-9-3-2-6-10-26(15)19(29)27(18(16)28)11-13-7-4-5-8-14(13)20(21,22)23/h4-5,7-8H,2-3,6,9-11H2,1H3. The van der Waals surface area contributed by atoms with E-state index in [1.54, 1.807) is 6.92 Å². The monoisotopic (exact) mass is 420 g/mol. The van der Waals surface area contributed by atoms with Crippen LogP contribution >= 0.6 is 0 Å². The lowest BCUT2D eigenvalue weighted by Gasteiger charge is -2.18. The second-order valence-corrected chi connectivity index (χ2v) is 7.25. The van der Waals surface area contributed by atoms with Crippen molar-refractivity contribution in [3.8, 4) is 11.4 Å². The Balaban J connectivity index is 1.95. The summed E-state index contributed by atoms with van der Waals surface area (Å²) in [5, 5.41) is 3.83. The summed E-state index contributed by atoms with van der Waals surface area (Å²) >= 11 is 0. The van der Waals surface area contributed by atoms with Crippen molar-refractivity contribution in [2.45, 2.75) is 51.9 Å². The molecule has 0 amide bonds. The summed E-state index contributed by atoms with van der Waals surface area (Å²) in [6.45, 7) is 1.44. The lowest BCUT2D eigenvalue weighted by atomic mass is 10.1. The summed E-state index contributed by atoms with van der Waals surface area (Å²) in [5.41, 5.74) is -1.77. The number of halogens is 3. The van der Waals surface area contributed by atoms with Crippen molar-refractivity contribution in [3.05, 3.63) is 67.8 Å². The number of fused-ring (bicyclic) bond motifs is 1. The zero-order valence-corrected chi connectivity index (χ0v) is 16.2. The van der Waals surface area contributed by atoms with E-state index in [0.717, 1.165) is 29.9 Å². The maximum absolute atomic E-state index is 13.4. The van der Waals surface area contributed by atoms with Gasteiger partial charge in [-0.3, -0.25) is 13.9 Å². The van der Waals surface area contributed by atoms with Crippen LogP contribution in [0.4, 0.5) is 13.2 Å². The Morgan fingerprint density at radius 2 is 1.90 bits per heavy atom. The first-order valence-corrected chi connectivity index (χ1v) is 9.59. The van der Waals surface area contributed by atoms with Gasteiger partial charge in [-0.1, -0.05) is 29.8 Å². The average molecular weight is 420 g/mol. The summed E-state index contributed by atoms with van der Waals surface area (Å²) in [5.74, 6) is 0.290. The fourth-order valence-electron chi connectivity index (χ4n) is 3.84. The molecule has 0 aliphatic carbocycles. The van der Waals surface area contributed by atoms with Gasteiger partial charge in [0.1, 0.15) is 5.56 Å². The van der Waals surface area contributed by atoms with Gasteiger partial charge in [0.05, 0.1) is 12.1 Å². The fraction of sp³-hybridized carbons (Fsp3) is 0.400. The molecular formula is C20H19F3N4O3. The van der Waals surface area contributed by atoms with Gasteiger partial charge >= 0.3 is 11.9 Å². The smallest absolute Gasteiger partial charge is 0.339 e. The van der Waals surface area contributed by atoms with Crippen molar-refractivity contribution < 1.29 is 17.7 Å². The second-order valence-electron chi connectivity index (χ2n) is 7.25. The van der Waals surface area contributed by atoms with Crippen molar-refractivity contribution in [2.24, 2.45) is 0 Å². The van der Waals surface area contributed by atoms with Crippen molar-refractivity contribution >= 4 is 0 Å². The predicted octanol–water partition coefficient (Wildman–Crippen LogP) is 3.16. The Morgan fingerprint density at radius 3 is 2.60 bits per heavy atom. The van der Waals surface area contributed by atoms with E-state index in [1.165, 1.54) is 22.8 Å². The molecule has 0 unspecified atom stereocenters. The van der Waals surface area contributed by atoms with Gasteiger partial charge in [-0.05, 0) is 30.9 Å². The van der Waals surface area contributed by atoms with E-state index < -0.39 is 29.5 Å². The molecule has 2 aromatic heterocycles. The van der Waals surface area contributed by atoms with Crippen LogP contribution in [0.5, 0.6) is 0 Å². The number of aryl methyl sites for hydroxylation is 1. The van der Waals surface area contributed by atoms with Crippen LogP contribution in [0, 0.1) is 6.92 Å². The van der Waals surface area contributed by atoms with E-state index in [9.17, 15) is 22.8 Å². The maximum atomic E-state index is 13.4. The van der Waals surface area contributed by atoms with Crippen LogP contribution in [0.25, 0.3) is 11.4 Å². The Bertz CT molecular complexity index is 1210. The van der Waals surface area contributed by atoms with Gasteiger partial charge in [0.25, 0.3) is 5.56 Å². The molecule has 0 spiro atoms. The molecular weight excluding hydrogens is 401 g/mol. The van der Waals surface area contributed by atoms with Gasteiger partial charge < -0.3 is 4.52 Å². The minimum absolute atomic E-state index is 0.0426. The molecule has 0 atom stereocenters. The number of rotatable bonds is 3. The Hall–Kier alpha value is -3.17. The summed E-state index contributed by atoms with van der Waals surface area (Å²) in [6.07, 6.45) is -1.74. The molecule has 3 aromatic rings. The zero-order valence-electron chi connectivity index (χ0n) is 16.2. The molecule has 0 saturated heterocycles. The Labute approximate surface area is 168 Å². The minimum atomic E-state index is -4.60. The SMILES string of the molecule is Cc1nc(-c2c3n(c(=O)n(Cc4ccccc4C(F)(F)F)c2=O)CCCCC3)no1. The van der Waals surface area contributed by atoms with Crippen molar-refractivity contribution in [1.29, 1.82) is 0 Å². The summed E-state index contributed by atoms with van der Waals surface area (Å²) in [7, 11) is 0. The maximum Gasteiger partial charge on any atom is 0.416 e. The van der Waals surface area contributed by atoms with Crippen molar-refractivity contribution in [2.75, 3.05) is 0 Å². The Kier molecular flexibility index (Phi) is 5.08. The van der Waals surface area contributed by atoms with Crippen LogP contribution in [-0.4, -0.2) is 19.3 Å². The fourth-order valence-corrected chi connectivity index (χ4v) is 3.84. The summed E-state index contributed by atoms with van der Waals surface area (Å²) < 4.78 is 47.6. The van der Waals surface area contributed by atoms with E-state index in [4.69, 9.17) is 4.52 Å². The first kappa shape index (κ1) is 20.1. The predicted molar refractivity (Wildman–Crippen MR) is 101 cm³/mol. The molecule has 158 valence electrons. The highest BCUT2D eigenvalue weighted by Crippen LogP contribution is 2.32. The lowest BCUT2D eigenvalue weighted by molar-refractivity contribution is -0.138. The first-order chi connectivity index (χ1) is 14.3. The third-order valence-corrected chi connectivity index (χ3v) is 5.23. The molecule has 0 bridgehead atoms. The molecule has 0 fully saturated rings. The summed E-state index contributed by atoms with van der Waals surface area (Å²) in [4.78, 5) is 30.5. The molecule has 1 aliphatic rings. The van der Waals surface area contributed by atoms with Gasteiger partial charge in [-0.15, -0.1) is 0 Å². The van der Waals surface area contributed by atoms with Gasteiger partial charge in [0, 0.05) is 19.2 Å². The van der Waals surface area contributed by atoms with Gasteiger partial charge in [-0.2, -0.15) is 18.2 Å². The number of alkyl halides is 3. The normalized spacial score (nSPS) is 14.4. The average Bonchev–Trinajstić information content (AvgIpc) is 2.97. The molecule has 0 radical (unpaired) electrons. The minimum Gasteiger partial charge on any atom is -0.339 e. The zero-order chi connectivity index (χ0) is 21.5.